The maximum absolute atomic E-state index is 5.79. The van der Waals surface area contributed by atoms with Crippen LogP contribution in [0, 0.1) is 0 Å². The van der Waals surface area contributed by atoms with Gasteiger partial charge in [-0.3, -0.25) is 0 Å². The molecule has 2 nitrogen and oxygen atoms in total. The second-order valence-corrected chi connectivity index (χ2v) is 5.31. The highest BCUT2D eigenvalue weighted by molar-refractivity contribution is 5.34. The molecule has 0 aromatic heterocycles. The molecule has 2 heteroatoms. The summed E-state index contributed by atoms with van der Waals surface area (Å²) in [5.41, 5.74) is 1.17. The third kappa shape index (κ3) is 3.74. The van der Waals surface area contributed by atoms with Gasteiger partial charge in [-0.25, -0.2) is 0 Å². The van der Waals surface area contributed by atoms with Crippen LogP contribution in [-0.4, -0.2) is 13.2 Å². The molecule has 0 amide bonds. The van der Waals surface area contributed by atoms with Crippen molar-refractivity contribution in [3.05, 3.63) is 29.8 Å². The van der Waals surface area contributed by atoms with E-state index in [0.29, 0.717) is 0 Å². The van der Waals surface area contributed by atoms with E-state index in [2.05, 4.69) is 32.0 Å². The maximum Gasteiger partial charge on any atom is 0.119 e. The third-order valence-corrected chi connectivity index (χ3v) is 3.54. The zero-order valence-electron chi connectivity index (χ0n) is 11.6. The molecule has 1 unspecified atom stereocenters. The van der Waals surface area contributed by atoms with Crippen molar-refractivity contribution < 1.29 is 9.47 Å². The van der Waals surface area contributed by atoms with Gasteiger partial charge >= 0.3 is 0 Å². The molecule has 2 rings (SSSR count). The Morgan fingerprint density at radius 2 is 2.00 bits per heavy atom. The minimum Gasteiger partial charge on any atom is -0.494 e. The van der Waals surface area contributed by atoms with Crippen LogP contribution in [-0.2, 0) is 10.3 Å². The summed E-state index contributed by atoms with van der Waals surface area (Å²) in [7, 11) is 0. The van der Waals surface area contributed by atoms with Gasteiger partial charge in [-0.1, -0.05) is 44.7 Å². The van der Waals surface area contributed by atoms with E-state index in [1.165, 1.54) is 31.2 Å². The summed E-state index contributed by atoms with van der Waals surface area (Å²) in [4.78, 5) is 0. The maximum atomic E-state index is 5.79. The number of epoxide rings is 1. The number of benzene rings is 1. The molecule has 1 aromatic rings. The van der Waals surface area contributed by atoms with Crippen LogP contribution in [0.2, 0.25) is 0 Å². The van der Waals surface area contributed by atoms with Crippen molar-refractivity contribution in [2.75, 3.05) is 13.2 Å². The average molecular weight is 248 g/mol. The third-order valence-electron chi connectivity index (χ3n) is 3.54. The predicted molar refractivity (Wildman–Crippen MR) is 74.0 cm³/mol. The van der Waals surface area contributed by atoms with Gasteiger partial charge in [0, 0.05) is 0 Å². The predicted octanol–water partition coefficient (Wildman–Crippen LogP) is 4.28. The van der Waals surface area contributed by atoms with E-state index in [0.717, 1.165) is 25.4 Å². The Morgan fingerprint density at radius 1 is 1.22 bits per heavy atom. The number of unbranched alkanes of at least 4 members (excludes halogenated alkanes) is 4. The minimum absolute atomic E-state index is 0.0551. The van der Waals surface area contributed by atoms with Crippen molar-refractivity contribution in [3.8, 4) is 5.75 Å². The Kier molecular flexibility index (Phi) is 4.65. The normalized spacial score (nSPS) is 21.9. The zero-order valence-corrected chi connectivity index (χ0v) is 11.6. The number of hydrogen-bond donors (Lipinski definition) is 0. The molecule has 1 aliphatic rings. The van der Waals surface area contributed by atoms with Crippen molar-refractivity contribution in [2.45, 2.75) is 51.6 Å². The number of hydrogen-bond acceptors (Lipinski definition) is 2. The van der Waals surface area contributed by atoms with Crippen molar-refractivity contribution >= 4 is 0 Å². The summed E-state index contributed by atoms with van der Waals surface area (Å²) in [6.45, 7) is 6.01. The Morgan fingerprint density at radius 3 is 2.72 bits per heavy atom. The first-order valence-corrected chi connectivity index (χ1v) is 7.12. The van der Waals surface area contributed by atoms with Gasteiger partial charge in [-0.05, 0) is 31.0 Å². The van der Waals surface area contributed by atoms with Crippen molar-refractivity contribution in [3.63, 3.8) is 0 Å². The Bertz CT molecular complexity index is 369. The molecule has 0 saturated carbocycles. The molecule has 1 saturated heterocycles. The second-order valence-electron chi connectivity index (χ2n) is 5.31. The molecule has 0 bridgehead atoms. The summed E-state index contributed by atoms with van der Waals surface area (Å²) in [6.07, 6.45) is 6.38. The SMILES string of the molecule is CCCCCCCOc1cccc(C2(C)CO2)c1. The molecule has 0 N–H and O–H groups in total. The molecule has 100 valence electrons. The molecule has 1 atom stereocenters. The second kappa shape index (κ2) is 6.24. The summed E-state index contributed by atoms with van der Waals surface area (Å²) in [5.74, 6) is 0.972. The van der Waals surface area contributed by atoms with Gasteiger partial charge < -0.3 is 9.47 Å². The van der Waals surface area contributed by atoms with Crippen molar-refractivity contribution in [2.24, 2.45) is 0 Å². The Labute approximate surface area is 110 Å². The largest absolute Gasteiger partial charge is 0.494 e. The Hall–Kier alpha value is -1.02. The fraction of sp³-hybridized carbons (Fsp3) is 0.625. The first-order chi connectivity index (χ1) is 8.74. The standard InChI is InChI=1S/C16H24O2/c1-3-4-5-6-7-11-17-15-10-8-9-14(12-15)16(2)13-18-16/h8-10,12H,3-7,11,13H2,1-2H3. The minimum atomic E-state index is -0.0551. The number of ether oxygens (including phenoxy) is 2. The van der Waals surface area contributed by atoms with Gasteiger partial charge in [-0.2, -0.15) is 0 Å². The van der Waals surface area contributed by atoms with Gasteiger partial charge in [0.2, 0.25) is 0 Å². The lowest BCUT2D eigenvalue weighted by atomic mass is 10.0. The average Bonchev–Trinajstić information content (AvgIpc) is 3.14. The molecule has 0 radical (unpaired) electrons. The van der Waals surface area contributed by atoms with Crippen LogP contribution in [0.15, 0.2) is 24.3 Å². The molecule has 1 aliphatic heterocycles. The van der Waals surface area contributed by atoms with Crippen LogP contribution in [0.25, 0.3) is 0 Å². The van der Waals surface area contributed by atoms with Crippen LogP contribution in [0.1, 0.15) is 51.5 Å². The topological polar surface area (TPSA) is 21.8 Å². The molecule has 1 fully saturated rings. The summed E-state index contributed by atoms with van der Waals surface area (Å²) < 4.78 is 11.2. The fourth-order valence-corrected chi connectivity index (χ4v) is 2.09. The van der Waals surface area contributed by atoms with E-state index in [-0.39, 0.29) is 5.60 Å². The first kappa shape index (κ1) is 13.4. The van der Waals surface area contributed by atoms with Gasteiger partial charge in [0.05, 0.1) is 13.2 Å². The highest BCUT2D eigenvalue weighted by atomic mass is 16.6. The lowest BCUT2D eigenvalue weighted by Gasteiger charge is -2.10. The molecule has 0 spiro atoms. The van der Waals surface area contributed by atoms with Gasteiger partial charge in [0.1, 0.15) is 11.4 Å². The summed E-state index contributed by atoms with van der Waals surface area (Å²) in [5, 5.41) is 0. The quantitative estimate of drug-likeness (QED) is 0.506. The van der Waals surface area contributed by atoms with Gasteiger partial charge in [0.15, 0.2) is 0 Å². The van der Waals surface area contributed by atoms with Crippen molar-refractivity contribution in [1.82, 2.24) is 0 Å². The molecule has 18 heavy (non-hydrogen) atoms. The molecular weight excluding hydrogens is 224 g/mol. The van der Waals surface area contributed by atoms with E-state index in [9.17, 15) is 0 Å². The Balaban J connectivity index is 1.72. The van der Waals surface area contributed by atoms with Gasteiger partial charge in [0.25, 0.3) is 0 Å². The van der Waals surface area contributed by atoms with Crippen LogP contribution in [0.5, 0.6) is 5.75 Å². The van der Waals surface area contributed by atoms with Crippen LogP contribution in [0.4, 0.5) is 0 Å². The van der Waals surface area contributed by atoms with Crippen LogP contribution in [0.3, 0.4) is 0 Å². The summed E-state index contributed by atoms with van der Waals surface area (Å²) >= 11 is 0. The van der Waals surface area contributed by atoms with E-state index >= 15 is 0 Å². The highest BCUT2D eigenvalue weighted by Gasteiger charge is 2.41. The molecule has 1 heterocycles. The smallest absolute Gasteiger partial charge is 0.119 e. The van der Waals surface area contributed by atoms with Crippen molar-refractivity contribution in [1.29, 1.82) is 0 Å². The lowest BCUT2D eigenvalue weighted by Crippen LogP contribution is -2.03. The monoisotopic (exact) mass is 248 g/mol. The lowest BCUT2D eigenvalue weighted by molar-refractivity contribution is 0.300. The van der Waals surface area contributed by atoms with E-state index in [1.54, 1.807) is 0 Å². The van der Waals surface area contributed by atoms with E-state index in [1.807, 2.05) is 6.07 Å². The van der Waals surface area contributed by atoms with Crippen LogP contribution >= 0.6 is 0 Å². The van der Waals surface area contributed by atoms with E-state index < -0.39 is 0 Å². The highest BCUT2D eigenvalue weighted by Crippen LogP contribution is 2.38. The molecule has 0 aliphatic carbocycles. The number of rotatable bonds is 8. The zero-order chi connectivity index (χ0) is 12.8. The van der Waals surface area contributed by atoms with Crippen LogP contribution < -0.4 is 4.74 Å². The van der Waals surface area contributed by atoms with Gasteiger partial charge in [-0.15, -0.1) is 0 Å². The summed E-state index contributed by atoms with van der Waals surface area (Å²) in [6, 6.07) is 8.30. The molecular formula is C16H24O2. The fourth-order valence-electron chi connectivity index (χ4n) is 2.09. The first-order valence-electron chi connectivity index (χ1n) is 7.12. The molecule has 1 aromatic carbocycles. The van der Waals surface area contributed by atoms with E-state index in [4.69, 9.17) is 9.47 Å².